The monoisotopic (exact) mass is 773 g/mol. The normalized spacial score (nSPS) is 14.3. The van der Waals surface area contributed by atoms with Crippen LogP contribution in [0.5, 0.6) is 0 Å². The number of carbonyl (C=O) groups is 2. The van der Waals surface area contributed by atoms with Crippen molar-refractivity contribution in [3.05, 3.63) is 36.5 Å². The lowest BCUT2D eigenvalue weighted by Crippen LogP contribution is -2.29. The first-order chi connectivity index (χ1) is 25.7. The average Bonchev–Trinajstić information content (AvgIpc) is 3.14. The van der Waals surface area contributed by atoms with Crippen molar-refractivity contribution in [2.75, 3.05) is 26.4 Å². The largest absolute Gasteiger partial charge is 0.472 e. The molecule has 10 nitrogen and oxygen atoms in total. The lowest BCUT2D eigenvalue weighted by Gasteiger charge is -2.20. The number of esters is 2. The van der Waals surface area contributed by atoms with Crippen LogP contribution in [-0.2, 0) is 32.7 Å². The molecule has 0 heterocycles. The molecule has 0 saturated carbocycles. The van der Waals surface area contributed by atoms with Gasteiger partial charge in [-0.05, 0) is 51.4 Å². The van der Waals surface area contributed by atoms with Crippen molar-refractivity contribution in [2.45, 2.75) is 193 Å². The zero-order valence-electron chi connectivity index (χ0n) is 33.5. The van der Waals surface area contributed by atoms with Gasteiger partial charge in [-0.2, -0.15) is 0 Å². The summed E-state index contributed by atoms with van der Waals surface area (Å²) in [6.45, 7) is 2.32. The molecule has 0 fully saturated rings. The first kappa shape index (κ1) is 51.2. The molecule has 0 amide bonds. The van der Waals surface area contributed by atoms with Gasteiger partial charge in [-0.1, -0.05) is 153 Å². The van der Waals surface area contributed by atoms with Gasteiger partial charge in [-0.3, -0.25) is 18.6 Å². The Kier molecular flexibility index (Phi) is 37.2. The van der Waals surface area contributed by atoms with E-state index >= 15 is 0 Å². The van der Waals surface area contributed by atoms with Crippen molar-refractivity contribution in [1.82, 2.24) is 0 Å². The Morgan fingerprint density at radius 2 is 0.981 bits per heavy atom. The second-order valence-corrected chi connectivity index (χ2v) is 15.5. The number of unbranched alkanes of at least 4 members (excludes halogenated alkanes) is 19. The van der Waals surface area contributed by atoms with E-state index in [1.165, 1.54) is 83.5 Å². The fourth-order valence-corrected chi connectivity index (χ4v) is 6.32. The van der Waals surface area contributed by atoms with Gasteiger partial charge in [0.05, 0.1) is 19.8 Å². The molecule has 0 rings (SSSR count). The maximum atomic E-state index is 12.6. The topological polar surface area (TPSA) is 149 Å². The molecule has 1 unspecified atom stereocenters. The number of hydrogen-bond acceptors (Lipinski definition) is 9. The van der Waals surface area contributed by atoms with E-state index in [9.17, 15) is 24.2 Å². The highest BCUT2D eigenvalue weighted by Crippen LogP contribution is 2.43. The van der Waals surface area contributed by atoms with Crippen LogP contribution in [0.15, 0.2) is 36.5 Å². The van der Waals surface area contributed by atoms with Crippen LogP contribution in [0.1, 0.15) is 181 Å². The molecule has 3 atom stereocenters. The van der Waals surface area contributed by atoms with Gasteiger partial charge in [0.2, 0.25) is 0 Å². The number of phosphoric acid groups is 1. The molecule has 3 N–H and O–H groups in total. The molecular weight excluding hydrogens is 695 g/mol. The quantitative estimate of drug-likeness (QED) is 0.0238. The summed E-state index contributed by atoms with van der Waals surface area (Å²) in [4.78, 5) is 34.9. The van der Waals surface area contributed by atoms with Gasteiger partial charge in [0.1, 0.15) is 12.7 Å². The fourth-order valence-electron chi connectivity index (χ4n) is 5.53. The fraction of sp³-hybridized carbons (Fsp3) is 0.810. The van der Waals surface area contributed by atoms with Crippen LogP contribution in [0.25, 0.3) is 0 Å². The molecule has 11 heteroatoms. The van der Waals surface area contributed by atoms with Crippen molar-refractivity contribution in [3.8, 4) is 0 Å². The number of aliphatic hydroxyl groups excluding tert-OH is 2. The van der Waals surface area contributed by atoms with E-state index in [4.69, 9.17) is 19.1 Å². The Morgan fingerprint density at radius 3 is 1.51 bits per heavy atom. The van der Waals surface area contributed by atoms with Crippen LogP contribution in [0, 0.1) is 0 Å². The third-order valence-electron chi connectivity index (χ3n) is 8.80. The predicted molar refractivity (Wildman–Crippen MR) is 214 cm³/mol. The van der Waals surface area contributed by atoms with Gasteiger partial charge in [-0.25, -0.2) is 4.57 Å². The predicted octanol–water partition coefficient (Wildman–Crippen LogP) is 10.8. The van der Waals surface area contributed by atoms with E-state index in [-0.39, 0.29) is 19.4 Å². The Hall–Kier alpha value is -1.81. The van der Waals surface area contributed by atoms with Gasteiger partial charge in [0.15, 0.2) is 6.10 Å². The SMILES string of the molecule is CCCCCC=CCC=CCC=CCCCCCCC(=O)O[C@H](COC(=O)CCCCCCCCCCCCCCC)COP(=O)(O)OC[C@@H](O)CO. The van der Waals surface area contributed by atoms with Crippen LogP contribution in [0.2, 0.25) is 0 Å². The molecule has 0 aliphatic heterocycles. The molecule has 0 saturated heterocycles. The number of carbonyl (C=O) groups excluding carboxylic acids is 2. The zero-order chi connectivity index (χ0) is 39.1. The summed E-state index contributed by atoms with van der Waals surface area (Å²) < 4.78 is 32.6. The minimum Gasteiger partial charge on any atom is -0.462 e. The number of phosphoric ester groups is 1. The molecule has 0 spiro atoms. The van der Waals surface area contributed by atoms with Crippen molar-refractivity contribution in [3.63, 3.8) is 0 Å². The lowest BCUT2D eigenvalue weighted by atomic mass is 10.0. The summed E-state index contributed by atoms with van der Waals surface area (Å²) in [5.74, 6) is -0.947. The number of allylic oxidation sites excluding steroid dienone is 6. The van der Waals surface area contributed by atoms with Gasteiger partial charge in [0, 0.05) is 12.8 Å². The lowest BCUT2D eigenvalue weighted by molar-refractivity contribution is -0.161. The molecule has 0 aliphatic carbocycles. The van der Waals surface area contributed by atoms with E-state index in [1.54, 1.807) is 0 Å². The highest BCUT2D eigenvalue weighted by molar-refractivity contribution is 7.47. The minimum absolute atomic E-state index is 0.160. The maximum Gasteiger partial charge on any atom is 0.472 e. The third-order valence-corrected chi connectivity index (χ3v) is 9.75. The molecule has 53 heavy (non-hydrogen) atoms. The smallest absolute Gasteiger partial charge is 0.462 e. The second-order valence-electron chi connectivity index (χ2n) is 14.0. The van der Waals surface area contributed by atoms with Crippen LogP contribution < -0.4 is 0 Å². The minimum atomic E-state index is -4.62. The zero-order valence-corrected chi connectivity index (χ0v) is 34.4. The van der Waals surface area contributed by atoms with E-state index in [2.05, 4.69) is 54.8 Å². The van der Waals surface area contributed by atoms with Crippen LogP contribution in [-0.4, -0.2) is 65.7 Å². The Labute approximate surface area is 322 Å². The summed E-state index contributed by atoms with van der Waals surface area (Å²) in [5, 5.41) is 18.3. The Morgan fingerprint density at radius 1 is 0.566 bits per heavy atom. The standard InChI is InChI=1S/C42H77O10P/c1-3-5-7-9-11-13-15-17-18-19-20-22-24-26-28-30-32-34-42(46)52-40(38-51-53(47,48)50-36-39(44)35-43)37-49-41(45)33-31-29-27-25-23-21-16-14-12-10-8-6-4-2/h11,13,17-18,20,22,39-40,43-44H,3-10,12,14-16,19,21,23-38H2,1-2H3,(H,47,48)/t39-,40+/m0/s1. The third kappa shape index (κ3) is 38.3. The first-order valence-corrected chi connectivity index (χ1v) is 22.4. The summed E-state index contributed by atoms with van der Waals surface area (Å²) >= 11 is 0. The van der Waals surface area contributed by atoms with Crippen LogP contribution in [0.3, 0.4) is 0 Å². The average molecular weight is 773 g/mol. The number of ether oxygens (including phenoxy) is 2. The molecule has 0 aromatic carbocycles. The van der Waals surface area contributed by atoms with Gasteiger partial charge < -0.3 is 24.6 Å². The maximum absolute atomic E-state index is 12.6. The highest BCUT2D eigenvalue weighted by atomic mass is 31.2. The van der Waals surface area contributed by atoms with E-state index in [0.717, 1.165) is 57.8 Å². The number of aliphatic hydroxyl groups is 2. The van der Waals surface area contributed by atoms with Crippen molar-refractivity contribution < 1.29 is 47.8 Å². The van der Waals surface area contributed by atoms with Gasteiger partial charge in [0.25, 0.3) is 0 Å². The Bertz CT molecular complexity index is 983. The number of hydrogen-bond donors (Lipinski definition) is 3. The summed E-state index contributed by atoms with van der Waals surface area (Å²) in [7, 11) is -4.62. The Balaban J connectivity index is 4.36. The van der Waals surface area contributed by atoms with Crippen molar-refractivity contribution >= 4 is 19.8 Å². The first-order valence-electron chi connectivity index (χ1n) is 20.9. The van der Waals surface area contributed by atoms with Crippen LogP contribution >= 0.6 is 7.82 Å². The molecular formula is C42H77O10P. The van der Waals surface area contributed by atoms with Crippen LogP contribution in [0.4, 0.5) is 0 Å². The van der Waals surface area contributed by atoms with Gasteiger partial charge in [-0.15, -0.1) is 0 Å². The number of rotatable bonds is 39. The van der Waals surface area contributed by atoms with E-state index < -0.39 is 51.8 Å². The molecule has 310 valence electrons. The highest BCUT2D eigenvalue weighted by Gasteiger charge is 2.27. The molecule has 0 radical (unpaired) electrons. The molecule has 0 bridgehead atoms. The molecule has 0 aliphatic rings. The molecule has 0 aromatic heterocycles. The second kappa shape index (κ2) is 38.5. The van der Waals surface area contributed by atoms with Crippen molar-refractivity contribution in [2.24, 2.45) is 0 Å². The summed E-state index contributed by atoms with van der Waals surface area (Å²) in [6.07, 6.45) is 38.2. The van der Waals surface area contributed by atoms with Crippen molar-refractivity contribution in [1.29, 1.82) is 0 Å². The van der Waals surface area contributed by atoms with E-state index in [0.29, 0.717) is 12.8 Å². The molecule has 0 aromatic rings. The summed E-state index contributed by atoms with van der Waals surface area (Å²) in [5.41, 5.74) is 0. The van der Waals surface area contributed by atoms with Gasteiger partial charge >= 0.3 is 19.8 Å². The van der Waals surface area contributed by atoms with E-state index in [1.807, 2.05) is 0 Å². The summed E-state index contributed by atoms with van der Waals surface area (Å²) in [6, 6.07) is 0.